The molecule has 5 heteroatoms. The van der Waals surface area contributed by atoms with E-state index < -0.39 is 11.2 Å². The largest absolute Gasteiger partial charge is 0.326 e. The van der Waals surface area contributed by atoms with E-state index in [0.29, 0.717) is 5.92 Å². The second-order valence-corrected chi connectivity index (χ2v) is 7.76. The van der Waals surface area contributed by atoms with Gasteiger partial charge in [-0.15, -0.1) is 11.8 Å². The molecule has 2 atom stereocenters. The van der Waals surface area contributed by atoms with Gasteiger partial charge >= 0.3 is 0 Å². The first-order valence-electron chi connectivity index (χ1n) is 8.43. The van der Waals surface area contributed by atoms with Gasteiger partial charge < -0.3 is 10.6 Å². The molecular weight excluding hydrogens is 332 g/mol. The van der Waals surface area contributed by atoms with E-state index in [9.17, 15) is 9.59 Å². The monoisotopic (exact) mass is 354 g/mol. The molecule has 0 bridgehead atoms. The Labute approximate surface area is 152 Å². The summed E-state index contributed by atoms with van der Waals surface area (Å²) in [5.41, 5.74) is 2.79. The number of carbonyl (C=O) groups is 2. The molecule has 2 N–H and O–H groups in total. The van der Waals surface area contributed by atoms with Gasteiger partial charge in [-0.25, -0.2) is 0 Å². The van der Waals surface area contributed by atoms with E-state index in [1.807, 2.05) is 48.5 Å². The van der Waals surface area contributed by atoms with Crippen molar-refractivity contribution >= 4 is 35.0 Å². The first-order chi connectivity index (χ1) is 12.0. The standard InChI is InChI=1S/C20H22N2O2S/c1-12(2)14-8-10-15(11-9-14)21-19(23)13(3)18-20(24)22-16-6-4-5-7-17(16)25-18/h4-13,18H,1-3H3,(H,21,23)(H,22,24)/t13-,18-/m0/s1. The van der Waals surface area contributed by atoms with Gasteiger partial charge in [-0.05, 0) is 35.7 Å². The second kappa shape index (κ2) is 7.31. The number of amides is 2. The van der Waals surface area contributed by atoms with Crippen molar-refractivity contribution in [2.45, 2.75) is 36.8 Å². The smallest absolute Gasteiger partial charge is 0.238 e. The molecule has 0 unspecified atom stereocenters. The number of para-hydroxylation sites is 1. The minimum Gasteiger partial charge on any atom is -0.326 e. The number of benzene rings is 2. The van der Waals surface area contributed by atoms with Crippen molar-refractivity contribution in [1.82, 2.24) is 0 Å². The summed E-state index contributed by atoms with van der Waals surface area (Å²) in [6, 6.07) is 15.5. The molecule has 0 aromatic heterocycles. The first-order valence-corrected chi connectivity index (χ1v) is 9.31. The van der Waals surface area contributed by atoms with Crippen LogP contribution in [0.1, 0.15) is 32.3 Å². The van der Waals surface area contributed by atoms with E-state index in [2.05, 4.69) is 24.5 Å². The Morgan fingerprint density at radius 1 is 1.08 bits per heavy atom. The van der Waals surface area contributed by atoms with Crippen LogP contribution >= 0.6 is 11.8 Å². The molecule has 0 aliphatic carbocycles. The van der Waals surface area contributed by atoms with Gasteiger partial charge in [-0.2, -0.15) is 0 Å². The van der Waals surface area contributed by atoms with Crippen molar-refractivity contribution in [3.63, 3.8) is 0 Å². The molecule has 1 aliphatic rings. The Kier molecular flexibility index (Phi) is 5.13. The highest BCUT2D eigenvalue weighted by molar-refractivity contribution is 8.01. The van der Waals surface area contributed by atoms with E-state index in [1.165, 1.54) is 17.3 Å². The molecule has 1 heterocycles. The Balaban J connectivity index is 1.69. The molecule has 4 nitrogen and oxygen atoms in total. The average molecular weight is 354 g/mol. The fourth-order valence-electron chi connectivity index (χ4n) is 2.74. The van der Waals surface area contributed by atoms with Gasteiger partial charge in [0.15, 0.2) is 0 Å². The first kappa shape index (κ1) is 17.5. The molecule has 0 saturated heterocycles. The van der Waals surface area contributed by atoms with Crippen molar-refractivity contribution < 1.29 is 9.59 Å². The van der Waals surface area contributed by atoms with E-state index in [4.69, 9.17) is 0 Å². The molecule has 2 aromatic rings. The van der Waals surface area contributed by atoms with Crippen LogP contribution in [-0.2, 0) is 9.59 Å². The maximum atomic E-state index is 12.6. The minimum atomic E-state index is -0.442. The Morgan fingerprint density at radius 2 is 1.76 bits per heavy atom. The van der Waals surface area contributed by atoms with Crippen LogP contribution in [0.2, 0.25) is 0 Å². The average Bonchev–Trinajstić information content (AvgIpc) is 2.61. The summed E-state index contributed by atoms with van der Waals surface area (Å²) in [5, 5.41) is 5.37. The number of fused-ring (bicyclic) bond motifs is 1. The molecule has 0 spiro atoms. The van der Waals surface area contributed by atoms with Gasteiger partial charge in [0.05, 0.1) is 16.9 Å². The zero-order chi connectivity index (χ0) is 18.0. The van der Waals surface area contributed by atoms with Gasteiger partial charge in [-0.3, -0.25) is 9.59 Å². The lowest BCUT2D eigenvalue weighted by molar-refractivity contribution is -0.123. The van der Waals surface area contributed by atoms with Crippen LogP contribution in [0.25, 0.3) is 0 Å². The highest BCUT2D eigenvalue weighted by Gasteiger charge is 2.35. The lowest BCUT2D eigenvalue weighted by Crippen LogP contribution is -2.39. The van der Waals surface area contributed by atoms with Crippen LogP contribution in [0.15, 0.2) is 53.4 Å². The van der Waals surface area contributed by atoms with Gasteiger partial charge in [0.25, 0.3) is 0 Å². The quantitative estimate of drug-likeness (QED) is 0.850. The third-order valence-corrected chi connectivity index (χ3v) is 5.86. The van der Waals surface area contributed by atoms with E-state index >= 15 is 0 Å². The number of anilines is 2. The highest BCUT2D eigenvalue weighted by atomic mass is 32.2. The summed E-state index contributed by atoms with van der Waals surface area (Å²) < 4.78 is 0. The molecule has 0 saturated carbocycles. The Morgan fingerprint density at radius 3 is 2.44 bits per heavy atom. The van der Waals surface area contributed by atoms with Crippen molar-refractivity contribution in [2.75, 3.05) is 10.6 Å². The summed E-state index contributed by atoms with van der Waals surface area (Å²) >= 11 is 1.45. The second-order valence-electron chi connectivity index (χ2n) is 6.58. The zero-order valence-corrected chi connectivity index (χ0v) is 15.4. The lowest BCUT2D eigenvalue weighted by atomic mass is 10.0. The SMILES string of the molecule is CC(C)c1ccc(NC(=O)[C@@H](C)[C@@H]2Sc3ccccc3NC2=O)cc1. The molecule has 130 valence electrons. The van der Waals surface area contributed by atoms with Crippen molar-refractivity contribution in [1.29, 1.82) is 0 Å². The topological polar surface area (TPSA) is 58.2 Å². The summed E-state index contributed by atoms with van der Waals surface area (Å²) in [4.78, 5) is 25.9. The number of carbonyl (C=O) groups excluding carboxylic acids is 2. The summed E-state index contributed by atoms with van der Waals surface area (Å²) in [5.74, 6) is -0.264. The number of hydrogen-bond acceptors (Lipinski definition) is 3. The van der Waals surface area contributed by atoms with Gasteiger partial charge in [0.2, 0.25) is 11.8 Å². The van der Waals surface area contributed by atoms with Crippen molar-refractivity contribution in [2.24, 2.45) is 5.92 Å². The number of thioether (sulfide) groups is 1. The third kappa shape index (κ3) is 3.87. The molecule has 3 rings (SSSR count). The van der Waals surface area contributed by atoms with Crippen LogP contribution in [0.5, 0.6) is 0 Å². The molecular formula is C20H22N2O2S. The van der Waals surface area contributed by atoms with Crippen LogP contribution in [0, 0.1) is 5.92 Å². The van der Waals surface area contributed by atoms with E-state index in [0.717, 1.165) is 16.3 Å². The maximum absolute atomic E-state index is 12.6. The molecule has 0 radical (unpaired) electrons. The molecule has 2 amide bonds. The van der Waals surface area contributed by atoms with E-state index in [-0.39, 0.29) is 11.8 Å². The predicted octanol–water partition coefficient (Wildman–Crippen LogP) is 4.50. The fourth-order valence-corrected chi connectivity index (χ4v) is 3.91. The highest BCUT2D eigenvalue weighted by Crippen LogP contribution is 2.38. The van der Waals surface area contributed by atoms with Crippen molar-refractivity contribution in [3.05, 3.63) is 54.1 Å². The van der Waals surface area contributed by atoms with E-state index in [1.54, 1.807) is 6.92 Å². The van der Waals surface area contributed by atoms with Crippen LogP contribution < -0.4 is 10.6 Å². The predicted molar refractivity (Wildman–Crippen MR) is 103 cm³/mol. The van der Waals surface area contributed by atoms with Crippen molar-refractivity contribution in [3.8, 4) is 0 Å². The molecule has 0 fully saturated rings. The third-order valence-electron chi connectivity index (χ3n) is 4.37. The zero-order valence-electron chi connectivity index (χ0n) is 14.6. The minimum absolute atomic E-state index is 0.124. The van der Waals surface area contributed by atoms with Crippen LogP contribution in [-0.4, -0.2) is 17.1 Å². The molecule has 25 heavy (non-hydrogen) atoms. The number of nitrogens with one attached hydrogen (secondary N) is 2. The summed E-state index contributed by atoms with van der Waals surface area (Å²) in [6.07, 6.45) is 0. The van der Waals surface area contributed by atoms with Gasteiger partial charge in [-0.1, -0.05) is 45.0 Å². The van der Waals surface area contributed by atoms with Crippen LogP contribution in [0.3, 0.4) is 0 Å². The summed E-state index contributed by atoms with van der Waals surface area (Å²) in [6.45, 7) is 6.06. The fraction of sp³-hybridized carbons (Fsp3) is 0.300. The van der Waals surface area contributed by atoms with Crippen LogP contribution in [0.4, 0.5) is 11.4 Å². The molecule has 1 aliphatic heterocycles. The normalized spacial score (nSPS) is 17.6. The van der Waals surface area contributed by atoms with Gasteiger partial charge in [0.1, 0.15) is 0 Å². The maximum Gasteiger partial charge on any atom is 0.238 e. The summed E-state index contributed by atoms with van der Waals surface area (Å²) in [7, 11) is 0. The Bertz CT molecular complexity index is 787. The number of hydrogen-bond donors (Lipinski definition) is 2. The Hall–Kier alpha value is -2.27. The lowest BCUT2D eigenvalue weighted by Gasteiger charge is -2.27. The number of rotatable bonds is 4. The molecule has 2 aromatic carbocycles. The van der Waals surface area contributed by atoms with Gasteiger partial charge in [0, 0.05) is 10.6 Å².